The summed E-state index contributed by atoms with van der Waals surface area (Å²) in [6.45, 7) is -0.514. The third-order valence-electron chi connectivity index (χ3n) is 3.46. The van der Waals surface area contributed by atoms with Gasteiger partial charge in [0, 0.05) is 5.56 Å². The van der Waals surface area contributed by atoms with Crippen LogP contribution in [-0.4, -0.2) is 33.9 Å². The van der Waals surface area contributed by atoms with Gasteiger partial charge >= 0.3 is 5.97 Å². The number of phenols is 1. The molecule has 2 aromatic rings. The molecule has 0 unspecified atom stereocenters. The van der Waals surface area contributed by atoms with E-state index in [1.165, 1.54) is 30.3 Å². The molecule has 0 aromatic heterocycles. The number of hydrogen-bond acceptors (Lipinski definition) is 6. The smallest absolute Gasteiger partial charge is 0.341 e. The molecule has 2 N–H and O–H groups in total. The van der Waals surface area contributed by atoms with Gasteiger partial charge in [-0.1, -0.05) is 18.2 Å². The molecule has 1 saturated heterocycles. The third-order valence-corrected chi connectivity index (χ3v) is 4.33. The second kappa shape index (κ2) is 7.32. The summed E-state index contributed by atoms with van der Waals surface area (Å²) >= 11 is 0.773. The predicted molar refractivity (Wildman–Crippen MR) is 96.1 cm³/mol. The number of amides is 2. The van der Waals surface area contributed by atoms with Crippen LogP contribution in [0.5, 0.6) is 11.5 Å². The van der Waals surface area contributed by atoms with Gasteiger partial charge in [0.15, 0.2) is 6.61 Å². The fourth-order valence-electron chi connectivity index (χ4n) is 2.30. The van der Waals surface area contributed by atoms with E-state index in [0.717, 1.165) is 16.7 Å². The Kier molecular flexibility index (Phi) is 4.94. The van der Waals surface area contributed by atoms with E-state index in [-0.39, 0.29) is 10.7 Å². The summed E-state index contributed by atoms with van der Waals surface area (Å²) in [5.41, 5.74) is 0.842. The largest absolute Gasteiger partial charge is 0.508 e. The zero-order chi connectivity index (χ0) is 18.7. The fourth-order valence-corrected chi connectivity index (χ4v) is 3.14. The molecule has 0 aliphatic carbocycles. The monoisotopic (exact) mass is 371 g/mol. The van der Waals surface area contributed by atoms with Crippen LogP contribution in [0.2, 0.25) is 0 Å². The minimum atomic E-state index is -1.12. The molecule has 0 saturated carbocycles. The molecule has 3 rings (SSSR count). The highest BCUT2D eigenvalue weighted by Crippen LogP contribution is 2.37. The van der Waals surface area contributed by atoms with E-state index in [1.807, 2.05) is 0 Å². The fraction of sp³-hybridized carbons (Fsp3) is 0.0556. The lowest BCUT2D eigenvalue weighted by molar-refractivity contribution is -0.139. The van der Waals surface area contributed by atoms with Gasteiger partial charge in [-0.2, -0.15) is 0 Å². The molecule has 0 bridgehead atoms. The quantitative estimate of drug-likeness (QED) is 0.778. The van der Waals surface area contributed by atoms with Crippen LogP contribution in [0.25, 0.3) is 6.08 Å². The van der Waals surface area contributed by atoms with E-state index >= 15 is 0 Å². The molecule has 2 amide bonds. The SMILES string of the molecule is O=C(O)COc1ccccc1/C=C1/SC(=O)N(c2ccc(O)cc2)C1=O. The lowest BCUT2D eigenvalue weighted by Gasteiger charge is -2.12. The first-order valence-corrected chi connectivity index (χ1v) is 8.28. The average molecular weight is 371 g/mol. The Morgan fingerprint density at radius 3 is 2.50 bits per heavy atom. The molecule has 26 heavy (non-hydrogen) atoms. The molecule has 0 spiro atoms. The van der Waals surface area contributed by atoms with Gasteiger partial charge in [0.1, 0.15) is 11.5 Å². The molecule has 0 atom stereocenters. The van der Waals surface area contributed by atoms with Crippen molar-refractivity contribution >= 4 is 40.6 Å². The Balaban J connectivity index is 1.89. The first-order chi connectivity index (χ1) is 12.5. The predicted octanol–water partition coefficient (Wildman–Crippen LogP) is 3.10. The summed E-state index contributed by atoms with van der Waals surface area (Å²) in [6, 6.07) is 12.3. The van der Waals surface area contributed by atoms with Crippen molar-refractivity contribution in [2.75, 3.05) is 11.5 Å². The number of ether oxygens (including phenoxy) is 1. The van der Waals surface area contributed by atoms with Gasteiger partial charge in [-0.3, -0.25) is 9.59 Å². The van der Waals surface area contributed by atoms with Crippen molar-refractivity contribution in [1.82, 2.24) is 0 Å². The Hall–Kier alpha value is -3.26. The maximum absolute atomic E-state index is 12.6. The van der Waals surface area contributed by atoms with Crippen LogP contribution < -0.4 is 9.64 Å². The van der Waals surface area contributed by atoms with E-state index in [4.69, 9.17) is 9.84 Å². The van der Waals surface area contributed by atoms with Crippen LogP contribution in [0.3, 0.4) is 0 Å². The van der Waals surface area contributed by atoms with Gasteiger partial charge in [0.25, 0.3) is 11.1 Å². The summed E-state index contributed by atoms with van der Waals surface area (Å²) in [5.74, 6) is -1.29. The number of thioether (sulfide) groups is 1. The number of carboxylic acids is 1. The number of nitrogens with zero attached hydrogens (tertiary/aromatic N) is 1. The normalized spacial score (nSPS) is 15.5. The summed E-state index contributed by atoms with van der Waals surface area (Å²) in [4.78, 5) is 36.7. The molecule has 7 nitrogen and oxygen atoms in total. The number of imide groups is 1. The lowest BCUT2D eigenvalue weighted by atomic mass is 10.2. The minimum Gasteiger partial charge on any atom is -0.508 e. The zero-order valence-corrected chi connectivity index (χ0v) is 14.1. The van der Waals surface area contributed by atoms with E-state index in [0.29, 0.717) is 17.0 Å². The van der Waals surface area contributed by atoms with Gasteiger partial charge in [-0.25, -0.2) is 9.69 Å². The number of anilines is 1. The van der Waals surface area contributed by atoms with Crippen LogP contribution in [-0.2, 0) is 9.59 Å². The topological polar surface area (TPSA) is 104 Å². The van der Waals surface area contributed by atoms with Gasteiger partial charge in [0.2, 0.25) is 0 Å². The first kappa shape index (κ1) is 17.6. The number of aromatic hydroxyl groups is 1. The zero-order valence-electron chi connectivity index (χ0n) is 13.3. The van der Waals surface area contributed by atoms with Crippen molar-refractivity contribution in [3.63, 3.8) is 0 Å². The average Bonchev–Trinajstić information content (AvgIpc) is 2.89. The first-order valence-electron chi connectivity index (χ1n) is 7.46. The number of carboxylic acid groups (broad SMARTS) is 1. The second-order valence-electron chi connectivity index (χ2n) is 5.25. The van der Waals surface area contributed by atoms with Crippen molar-refractivity contribution in [1.29, 1.82) is 0 Å². The van der Waals surface area contributed by atoms with Gasteiger partial charge in [-0.05, 0) is 48.2 Å². The number of carbonyl (C=O) groups excluding carboxylic acids is 2. The number of aliphatic carboxylic acids is 1. The third kappa shape index (κ3) is 3.70. The van der Waals surface area contributed by atoms with Gasteiger partial charge in [0.05, 0.1) is 10.6 Å². The maximum atomic E-state index is 12.6. The second-order valence-corrected chi connectivity index (χ2v) is 6.25. The molecule has 8 heteroatoms. The Labute approximate surface area is 152 Å². The lowest BCUT2D eigenvalue weighted by Crippen LogP contribution is -2.27. The Bertz CT molecular complexity index is 906. The van der Waals surface area contributed by atoms with Crippen LogP contribution in [0.4, 0.5) is 10.5 Å². The van der Waals surface area contributed by atoms with Crippen LogP contribution >= 0.6 is 11.8 Å². The van der Waals surface area contributed by atoms with E-state index in [9.17, 15) is 19.5 Å². The minimum absolute atomic E-state index is 0.0285. The van der Waals surface area contributed by atoms with Crippen molar-refractivity contribution in [3.8, 4) is 11.5 Å². The van der Waals surface area contributed by atoms with Gasteiger partial charge in [-0.15, -0.1) is 0 Å². The number of hydrogen-bond donors (Lipinski definition) is 2. The molecular formula is C18H13NO6S. The van der Waals surface area contributed by atoms with Crippen molar-refractivity contribution < 1.29 is 29.3 Å². The molecule has 2 aromatic carbocycles. The molecule has 132 valence electrons. The van der Waals surface area contributed by atoms with Crippen LogP contribution in [0.15, 0.2) is 53.4 Å². The summed E-state index contributed by atoms with van der Waals surface area (Å²) < 4.78 is 5.20. The maximum Gasteiger partial charge on any atom is 0.341 e. The number of phenolic OH excluding ortho intramolecular Hbond substituents is 1. The van der Waals surface area contributed by atoms with Gasteiger partial charge < -0.3 is 14.9 Å². The van der Waals surface area contributed by atoms with Crippen molar-refractivity contribution in [3.05, 3.63) is 59.0 Å². The Morgan fingerprint density at radius 2 is 1.81 bits per heavy atom. The van der Waals surface area contributed by atoms with Crippen molar-refractivity contribution in [2.45, 2.75) is 0 Å². The highest BCUT2D eigenvalue weighted by Gasteiger charge is 2.36. The molecule has 1 aliphatic rings. The highest BCUT2D eigenvalue weighted by molar-refractivity contribution is 8.19. The van der Waals surface area contributed by atoms with Crippen LogP contribution in [0.1, 0.15) is 5.56 Å². The summed E-state index contributed by atoms with van der Waals surface area (Å²) in [7, 11) is 0. The van der Waals surface area contributed by atoms with E-state index < -0.39 is 23.7 Å². The molecule has 1 heterocycles. The van der Waals surface area contributed by atoms with Crippen molar-refractivity contribution in [2.24, 2.45) is 0 Å². The number of carbonyl (C=O) groups is 3. The standard InChI is InChI=1S/C18H13NO6S/c20-13-7-5-12(6-8-13)19-17(23)15(26-18(19)24)9-11-3-1-2-4-14(11)25-10-16(21)22/h1-9,20H,10H2,(H,21,22)/b15-9+. The molecule has 1 aliphatic heterocycles. The highest BCUT2D eigenvalue weighted by atomic mass is 32.2. The summed E-state index contributed by atoms with van der Waals surface area (Å²) in [6.07, 6.45) is 1.49. The summed E-state index contributed by atoms with van der Waals surface area (Å²) in [5, 5.41) is 17.6. The Morgan fingerprint density at radius 1 is 1.12 bits per heavy atom. The van der Waals surface area contributed by atoms with E-state index in [2.05, 4.69) is 0 Å². The van der Waals surface area contributed by atoms with Crippen LogP contribution in [0, 0.1) is 0 Å². The number of benzene rings is 2. The van der Waals surface area contributed by atoms with E-state index in [1.54, 1.807) is 24.3 Å². The molecular weight excluding hydrogens is 358 g/mol. The number of para-hydroxylation sites is 1. The molecule has 0 radical (unpaired) electrons. The number of rotatable bonds is 5. The molecule has 1 fully saturated rings.